The van der Waals surface area contributed by atoms with Crippen molar-refractivity contribution < 1.29 is 5.11 Å². The molecule has 0 aliphatic carbocycles. The molecule has 0 bridgehead atoms. The molecular formula is C13H24N2O. The van der Waals surface area contributed by atoms with E-state index in [2.05, 4.69) is 32.8 Å². The van der Waals surface area contributed by atoms with Crippen LogP contribution >= 0.6 is 0 Å². The molecule has 0 fully saturated rings. The standard InChI is InChI=1S/C13H24N2O/c1-8(2)10-11(9(3)4)14-15(12(10)16)13(5,6)7/h8-9,16H,1-7H3. The van der Waals surface area contributed by atoms with Gasteiger partial charge in [0.15, 0.2) is 0 Å². The van der Waals surface area contributed by atoms with Crippen molar-refractivity contribution in [3.63, 3.8) is 0 Å². The summed E-state index contributed by atoms with van der Waals surface area (Å²) < 4.78 is 1.73. The van der Waals surface area contributed by atoms with Crippen molar-refractivity contribution in [1.82, 2.24) is 9.78 Å². The topological polar surface area (TPSA) is 38.0 Å². The van der Waals surface area contributed by atoms with E-state index in [1.807, 2.05) is 20.8 Å². The Kier molecular flexibility index (Phi) is 3.36. The maximum atomic E-state index is 10.3. The summed E-state index contributed by atoms with van der Waals surface area (Å²) >= 11 is 0. The molecule has 0 aliphatic heterocycles. The first-order valence-corrected chi connectivity index (χ1v) is 5.98. The van der Waals surface area contributed by atoms with E-state index in [0.29, 0.717) is 17.7 Å². The maximum absolute atomic E-state index is 10.3. The zero-order valence-electron chi connectivity index (χ0n) is 11.5. The lowest BCUT2D eigenvalue weighted by Crippen LogP contribution is -2.22. The molecule has 1 aromatic heterocycles. The van der Waals surface area contributed by atoms with Crippen LogP contribution < -0.4 is 0 Å². The molecule has 0 aromatic carbocycles. The Morgan fingerprint density at radius 1 is 1.06 bits per heavy atom. The Balaban J connectivity index is 3.42. The third-order valence-electron chi connectivity index (χ3n) is 2.68. The minimum Gasteiger partial charge on any atom is -0.493 e. The van der Waals surface area contributed by atoms with Crippen LogP contribution in [0.3, 0.4) is 0 Å². The van der Waals surface area contributed by atoms with Gasteiger partial charge in [0.1, 0.15) is 0 Å². The third kappa shape index (κ3) is 2.23. The van der Waals surface area contributed by atoms with Crippen LogP contribution in [0.25, 0.3) is 0 Å². The highest BCUT2D eigenvalue weighted by Gasteiger charge is 2.27. The molecule has 0 atom stereocenters. The van der Waals surface area contributed by atoms with Gasteiger partial charge in [0.25, 0.3) is 0 Å². The summed E-state index contributed by atoms with van der Waals surface area (Å²) in [4.78, 5) is 0. The number of hydrogen-bond acceptors (Lipinski definition) is 2. The van der Waals surface area contributed by atoms with E-state index in [-0.39, 0.29) is 5.54 Å². The van der Waals surface area contributed by atoms with Gasteiger partial charge in [0, 0.05) is 5.56 Å². The Morgan fingerprint density at radius 3 is 1.81 bits per heavy atom. The first kappa shape index (κ1) is 13.1. The van der Waals surface area contributed by atoms with Crippen molar-refractivity contribution in [2.45, 2.75) is 65.8 Å². The fourth-order valence-corrected chi connectivity index (χ4v) is 1.89. The van der Waals surface area contributed by atoms with Gasteiger partial charge in [-0.05, 0) is 32.6 Å². The largest absolute Gasteiger partial charge is 0.493 e. The van der Waals surface area contributed by atoms with Gasteiger partial charge < -0.3 is 5.11 Å². The Bertz CT molecular complexity index is 370. The van der Waals surface area contributed by atoms with Crippen LogP contribution in [0.5, 0.6) is 5.88 Å². The first-order chi connectivity index (χ1) is 7.16. The number of rotatable bonds is 2. The van der Waals surface area contributed by atoms with Crippen molar-refractivity contribution in [3.8, 4) is 5.88 Å². The van der Waals surface area contributed by atoms with E-state index in [4.69, 9.17) is 0 Å². The molecule has 1 rings (SSSR count). The lowest BCUT2D eigenvalue weighted by molar-refractivity contribution is 0.291. The molecule has 0 radical (unpaired) electrons. The average Bonchev–Trinajstić information content (AvgIpc) is 2.41. The predicted octanol–water partition coefficient (Wildman–Crippen LogP) is 3.59. The van der Waals surface area contributed by atoms with Gasteiger partial charge >= 0.3 is 0 Å². The third-order valence-corrected chi connectivity index (χ3v) is 2.68. The molecule has 3 nitrogen and oxygen atoms in total. The molecule has 1 N–H and O–H groups in total. The Morgan fingerprint density at radius 2 is 1.56 bits per heavy atom. The van der Waals surface area contributed by atoms with Gasteiger partial charge in [0.05, 0.1) is 11.2 Å². The second-order valence-electron chi connectivity index (χ2n) is 6.01. The number of nitrogens with zero attached hydrogens (tertiary/aromatic N) is 2. The van der Waals surface area contributed by atoms with Crippen molar-refractivity contribution >= 4 is 0 Å². The van der Waals surface area contributed by atoms with Crippen LogP contribution in [0.1, 0.15) is 71.6 Å². The van der Waals surface area contributed by atoms with Crippen molar-refractivity contribution in [2.75, 3.05) is 0 Å². The van der Waals surface area contributed by atoms with E-state index in [1.165, 1.54) is 0 Å². The molecule has 0 aliphatic rings. The molecular weight excluding hydrogens is 200 g/mol. The van der Waals surface area contributed by atoms with Gasteiger partial charge in [-0.15, -0.1) is 0 Å². The van der Waals surface area contributed by atoms with Crippen molar-refractivity contribution in [1.29, 1.82) is 0 Å². The minimum atomic E-state index is -0.180. The fraction of sp³-hybridized carbons (Fsp3) is 0.769. The van der Waals surface area contributed by atoms with E-state index in [0.717, 1.165) is 11.3 Å². The number of aromatic hydroxyl groups is 1. The average molecular weight is 224 g/mol. The van der Waals surface area contributed by atoms with Crippen molar-refractivity contribution in [2.24, 2.45) is 0 Å². The second-order valence-corrected chi connectivity index (χ2v) is 6.01. The summed E-state index contributed by atoms with van der Waals surface area (Å²) in [6.07, 6.45) is 0. The molecule has 0 amide bonds. The maximum Gasteiger partial charge on any atom is 0.213 e. The molecule has 1 heterocycles. The SMILES string of the molecule is CC(C)c1nn(C(C)(C)C)c(O)c1C(C)C. The monoisotopic (exact) mass is 224 g/mol. The second kappa shape index (κ2) is 4.11. The highest BCUT2D eigenvalue weighted by molar-refractivity contribution is 5.36. The van der Waals surface area contributed by atoms with E-state index in [1.54, 1.807) is 4.68 Å². The lowest BCUT2D eigenvalue weighted by atomic mass is 9.97. The van der Waals surface area contributed by atoms with Crippen LogP contribution in [0, 0.1) is 0 Å². The van der Waals surface area contributed by atoms with Crippen LogP contribution in [-0.4, -0.2) is 14.9 Å². The quantitative estimate of drug-likeness (QED) is 0.833. The van der Waals surface area contributed by atoms with Crippen LogP contribution in [-0.2, 0) is 5.54 Å². The molecule has 0 saturated carbocycles. The first-order valence-electron chi connectivity index (χ1n) is 5.98. The zero-order chi connectivity index (χ0) is 12.7. The molecule has 16 heavy (non-hydrogen) atoms. The minimum absolute atomic E-state index is 0.180. The summed E-state index contributed by atoms with van der Waals surface area (Å²) in [7, 11) is 0. The van der Waals surface area contributed by atoms with Gasteiger partial charge in [-0.25, -0.2) is 4.68 Å². The molecule has 0 unspecified atom stereocenters. The van der Waals surface area contributed by atoms with Gasteiger partial charge in [-0.1, -0.05) is 27.7 Å². The normalized spacial score (nSPS) is 12.8. The van der Waals surface area contributed by atoms with Gasteiger partial charge in [0.2, 0.25) is 5.88 Å². The van der Waals surface area contributed by atoms with Gasteiger partial charge in [-0.2, -0.15) is 5.10 Å². The molecule has 0 spiro atoms. The zero-order valence-corrected chi connectivity index (χ0v) is 11.5. The van der Waals surface area contributed by atoms with E-state index >= 15 is 0 Å². The number of hydrogen-bond donors (Lipinski definition) is 1. The summed E-state index contributed by atoms with van der Waals surface area (Å²) in [5.41, 5.74) is 1.83. The fourth-order valence-electron chi connectivity index (χ4n) is 1.89. The summed E-state index contributed by atoms with van der Waals surface area (Å²) in [5.74, 6) is 0.964. The summed E-state index contributed by atoms with van der Waals surface area (Å²) in [6, 6.07) is 0. The molecule has 1 aromatic rings. The Hall–Kier alpha value is -0.990. The number of aromatic nitrogens is 2. The van der Waals surface area contributed by atoms with Crippen LogP contribution in [0.2, 0.25) is 0 Å². The Labute approximate surface area is 98.5 Å². The highest BCUT2D eigenvalue weighted by Crippen LogP contribution is 2.35. The van der Waals surface area contributed by atoms with Gasteiger partial charge in [-0.3, -0.25) is 0 Å². The van der Waals surface area contributed by atoms with E-state index < -0.39 is 0 Å². The summed E-state index contributed by atoms with van der Waals surface area (Å²) in [6.45, 7) is 14.6. The lowest BCUT2D eigenvalue weighted by Gasteiger charge is -2.20. The molecule has 3 heteroatoms. The summed E-state index contributed by atoms with van der Waals surface area (Å²) in [5, 5.41) is 14.8. The van der Waals surface area contributed by atoms with Crippen molar-refractivity contribution in [3.05, 3.63) is 11.3 Å². The van der Waals surface area contributed by atoms with E-state index in [9.17, 15) is 5.11 Å². The van der Waals surface area contributed by atoms with Crippen LogP contribution in [0.4, 0.5) is 0 Å². The molecule has 0 saturated heterocycles. The highest BCUT2D eigenvalue weighted by atomic mass is 16.3. The van der Waals surface area contributed by atoms with Crippen LogP contribution in [0.15, 0.2) is 0 Å². The molecule has 92 valence electrons. The predicted molar refractivity (Wildman–Crippen MR) is 67.1 cm³/mol. The smallest absolute Gasteiger partial charge is 0.213 e.